The summed E-state index contributed by atoms with van der Waals surface area (Å²) in [7, 11) is 0. The molecule has 142 valence electrons. The number of nitrogens with one attached hydrogen (secondary N) is 2. The summed E-state index contributed by atoms with van der Waals surface area (Å²) in [5.41, 5.74) is 0.566. The fraction of sp³-hybridized carbons (Fsp3) is 0.556. The fourth-order valence-corrected chi connectivity index (χ4v) is 3.79. The summed E-state index contributed by atoms with van der Waals surface area (Å²) in [6.07, 6.45) is 0. The number of quaternary nitrogens is 1. The van der Waals surface area contributed by atoms with Gasteiger partial charge >= 0.3 is 0 Å². The van der Waals surface area contributed by atoms with Crippen molar-refractivity contribution in [3.05, 3.63) is 34.9 Å². The molecular weight excluding hydrogens is 372 g/mol. The van der Waals surface area contributed by atoms with Crippen LogP contribution < -0.4 is 10.2 Å². The first-order chi connectivity index (χ1) is 12.6. The van der Waals surface area contributed by atoms with Gasteiger partial charge in [-0.05, 0) is 24.4 Å². The van der Waals surface area contributed by atoms with Gasteiger partial charge < -0.3 is 24.8 Å². The smallest absolute Gasteiger partial charge is 0.255 e. The van der Waals surface area contributed by atoms with Crippen molar-refractivity contribution in [1.82, 2.24) is 15.1 Å². The topological polar surface area (TPSA) is 49.2 Å². The van der Waals surface area contributed by atoms with Gasteiger partial charge in [0.25, 0.3) is 5.91 Å². The largest absolute Gasteiger partial charge is 0.370 e. The zero-order valence-corrected chi connectivity index (χ0v) is 16.5. The van der Waals surface area contributed by atoms with Gasteiger partial charge in [0.2, 0.25) is 0 Å². The molecule has 2 aliphatic rings. The van der Waals surface area contributed by atoms with Crippen LogP contribution >= 0.6 is 23.8 Å². The number of thiocarbonyl (C=S) groups is 1. The lowest BCUT2D eigenvalue weighted by atomic mass is 10.2. The van der Waals surface area contributed by atoms with Crippen LogP contribution in [0.2, 0.25) is 5.02 Å². The van der Waals surface area contributed by atoms with E-state index in [1.165, 1.54) is 0 Å². The summed E-state index contributed by atoms with van der Waals surface area (Å²) in [6, 6.07) is 7.20. The number of carbonyl (C=O) groups is 1. The Morgan fingerprint density at radius 2 is 1.81 bits per heavy atom. The molecule has 2 fully saturated rings. The highest BCUT2D eigenvalue weighted by Crippen LogP contribution is 2.18. The van der Waals surface area contributed by atoms with Gasteiger partial charge in [0.05, 0.1) is 36.9 Å². The van der Waals surface area contributed by atoms with Crippen molar-refractivity contribution in [3.8, 4) is 0 Å². The average molecular weight is 398 g/mol. The van der Waals surface area contributed by atoms with Gasteiger partial charge in [-0.2, -0.15) is 0 Å². The number of rotatable bonds is 4. The van der Waals surface area contributed by atoms with Crippen LogP contribution in [0.3, 0.4) is 0 Å². The first-order valence-corrected chi connectivity index (χ1v) is 9.91. The summed E-state index contributed by atoms with van der Waals surface area (Å²) < 4.78 is 5.38. The minimum Gasteiger partial charge on any atom is -0.370 e. The van der Waals surface area contributed by atoms with E-state index in [2.05, 4.69) is 10.2 Å². The van der Waals surface area contributed by atoms with Crippen LogP contribution in [0.25, 0.3) is 0 Å². The van der Waals surface area contributed by atoms with Gasteiger partial charge in [-0.15, -0.1) is 0 Å². The number of amides is 1. The van der Waals surface area contributed by atoms with E-state index < -0.39 is 0 Å². The molecule has 2 N–H and O–H groups in total. The number of piperazine rings is 1. The van der Waals surface area contributed by atoms with E-state index in [0.717, 1.165) is 57.6 Å². The van der Waals surface area contributed by atoms with E-state index in [9.17, 15) is 4.79 Å². The molecule has 6 nitrogen and oxygen atoms in total. The zero-order chi connectivity index (χ0) is 18.4. The predicted octanol–water partition coefficient (Wildman–Crippen LogP) is -0.113. The van der Waals surface area contributed by atoms with Crippen molar-refractivity contribution in [2.75, 3.05) is 65.6 Å². The fourth-order valence-electron chi connectivity index (χ4n) is 3.29. The summed E-state index contributed by atoms with van der Waals surface area (Å²) in [5, 5.41) is 4.64. The molecule has 0 atom stereocenters. The lowest BCUT2D eigenvalue weighted by Gasteiger charge is -2.36. The Labute approximate surface area is 165 Å². The molecule has 8 heteroatoms. The number of benzene rings is 1. The van der Waals surface area contributed by atoms with Crippen LogP contribution in [0, 0.1) is 0 Å². The van der Waals surface area contributed by atoms with Gasteiger partial charge in [0.1, 0.15) is 13.1 Å². The summed E-state index contributed by atoms with van der Waals surface area (Å²) in [4.78, 5) is 18.1. The van der Waals surface area contributed by atoms with E-state index in [0.29, 0.717) is 23.7 Å². The molecule has 0 spiro atoms. The average Bonchev–Trinajstić information content (AvgIpc) is 2.69. The molecule has 0 bridgehead atoms. The van der Waals surface area contributed by atoms with Crippen molar-refractivity contribution >= 4 is 34.8 Å². The zero-order valence-electron chi connectivity index (χ0n) is 14.9. The highest BCUT2D eigenvalue weighted by Gasteiger charge is 2.24. The SMILES string of the molecule is O=C(c1ccccc1Cl)N1CCN(C(=S)NCC[NH+]2CCOCC2)CC1. The van der Waals surface area contributed by atoms with E-state index >= 15 is 0 Å². The van der Waals surface area contributed by atoms with Gasteiger partial charge in [0.15, 0.2) is 5.11 Å². The van der Waals surface area contributed by atoms with Crippen LogP contribution in [-0.4, -0.2) is 86.4 Å². The van der Waals surface area contributed by atoms with Gasteiger partial charge in [-0.25, -0.2) is 0 Å². The Balaban J connectivity index is 1.40. The van der Waals surface area contributed by atoms with Crippen LogP contribution in [0.5, 0.6) is 0 Å². The maximum Gasteiger partial charge on any atom is 0.255 e. The third-order valence-corrected chi connectivity index (χ3v) is 5.65. The number of ether oxygens (including phenoxy) is 1. The molecule has 2 heterocycles. The number of morpholine rings is 1. The quantitative estimate of drug-likeness (QED) is 0.694. The third-order valence-electron chi connectivity index (χ3n) is 4.91. The van der Waals surface area contributed by atoms with E-state index in [1.54, 1.807) is 17.0 Å². The van der Waals surface area contributed by atoms with E-state index in [-0.39, 0.29) is 5.91 Å². The lowest BCUT2D eigenvalue weighted by Crippen LogP contribution is -3.14. The maximum atomic E-state index is 12.6. The number of nitrogens with zero attached hydrogens (tertiary/aromatic N) is 2. The summed E-state index contributed by atoms with van der Waals surface area (Å²) in [5.74, 6) is -0.00922. The minimum atomic E-state index is -0.00922. The van der Waals surface area contributed by atoms with Crippen molar-refractivity contribution in [2.45, 2.75) is 0 Å². The first-order valence-electron chi connectivity index (χ1n) is 9.13. The predicted molar refractivity (Wildman–Crippen MR) is 106 cm³/mol. The number of hydrogen-bond acceptors (Lipinski definition) is 3. The molecule has 26 heavy (non-hydrogen) atoms. The molecule has 3 rings (SSSR count). The normalized spacial score (nSPS) is 18.7. The molecule has 0 aromatic heterocycles. The lowest BCUT2D eigenvalue weighted by molar-refractivity contribution is -0.906. The molecule has 0 unspecified atom stereocenters. The second-order valence-corrected chi connectivity index (χ2v) is 7.40. The number of carbonyl (C=O) groups excluding carboxylic acids is 1. The molecule has 1 aromatic carbocycles. The van der Waals surface area contributed by atoms with Crippen molar-refractivity contribution in [1.29, 1.82) is 0 Å². The number of halogens is 1. The third kappa shape index (κ3) is 5.07. The summed E-state index contributed by atoms with van der Waals surface area (Å²) in [6.45, 7) is 8.54. The highest BCUT2D eigenvalue weighted by atomic mass is 35.5. The van der Waals surface area contributed by atoms with Crippen LogP contribution in [0.4, 0.5) is 0 Å². The molecule has 1 amide bonds. The highest BCUT2D eigenvalue weighted by molar-refractivity contribution is 7.80. The molecule has 0 saturated carbocycles. The van der Waals surface area contributed by atoms with Crippen LogP contribution in [0.1, 0.15) is 10.4 Å². The Morgan fingerprint density at radius 3 is 2.50 bits per heavy atom. The molecule has 0 radical (unpaired) electrons. The first kappa shape index (κ1) is 19.4. The minimum absolute atomic E-state index is 0.00922. The molecule has 2 saturated heterocycles. The van der Waals surface area contributed by atoms with Crippen LogP contribution in [-0.2, 0) is 4.74 Å². The van der Waals surface area contributed by atoms with Gasteiger partial charge in [-0.1, -0.05) is 23.7 Å². The Bertz CT molecular complexity index is 631. The molecular formula is C18H26ClN4O2S+. The second kappa shape index (κ2) is 9.50. The standard InChI is InChI=1S/C18H25ClN4O2S/c19-16-4-2-1-3-15(16)17(24)22-7-9-23(10-8-22)18(26)20-5-6-21-11-13-25-14-12-21/h1-4H,5-14H2,(H,20,26)/p+1. The van der Waals surface area contributed by atoms with Crippen LogP contribution in [0.15, 0.2) is 24.3 Å². The van der Waals surface area contributed by atoms with E-state index in [1.807, 2.05) is 17.0 Å². The van der Waals surface area contributed by atoms with Crippen molar-refractivity contribution in [3.63, 3.8) is 0 Å². The Hall–Kier alpha value is -1.41. The van der Waals surface area contributed by atoms with Crippen molar-refractivity contribution in [2.24, 2.45) is 0 Å². The van der Waals surface area contributed by atoms with Gasteiger partial charge in [0, 0.05) is 26.2 Å². The molecule has 0 aliphatic carbocycles. The second-order valence-electron chi connectivity index (χ2n) is 6.60. The maximum absolute atomic E-state index is 12.6. The van der Waals surface area contributed by atoms with Crippen molar-refractivity contribution < 1.29 is 14.4 Å². The Morgan fingerprint density at radius 1 is 1.15 bits per heavy atom. The monoisotopic (exact) mass is 397 g/mol. The number of hydrogen-bond donors (Lipinski definition) is 2. The Kier molecular flexibility index (Phi) is 7.07. The molecule has 2 aliphatic heterocycles. The molecule has 1 aromatic rings. The van der Waals surface area contributed by atoms with Gasteiger partial charge in [-0.3, -0.25) is 4.79 Å². The van der Waals surface area contributed by atoms with E-state index in [4.69, 9.17) is 28.6 Å². The summed E-state index contributed by atoms with van der Waals surface area (Å²) >= 11 is 11.7.